The van der Waals surface area contributed by atoms with E-state index in [2.05, 4.69) is 90.1 Å². The molecule has 0 fully saturated rings. The molecule has 0 aromatic heterocycles. The van der Waals surface area contributed by atoms with Crippen molar-refractivity contribution in [2.75, 3.05) is 4.90 Å². The van der Waals surface area contributed by atoms with Gasteiger partial charge < -0.3 is 4.90 Å². The molecule has 1 nitrogen and oxygen atoms in total. The van der Waals surface area contributed by atoms with Crippen LogP contribution in [0.1, 0.15) is 52.7 Å². The number of rotatable bonds is 3. The Hall–Kier alpha value is -2.32. The molecule has 0 aliphatic heterocycles. The van der Waals surface area contributed by atoms with Gasteiger partial charge >= 0.3 is 0 Å². The van der Waals surface area contributed by atoms with Gasteiger partial charge in [-0.1, -0.05) is 83.5 Å². The zero-order valence-corrected chi connectivity index (χ0v) is 18.8. The molecule has 0 bridgehead atoms. The van der Waals surface area contributed by atoms with Crippen LogP contribution < -0.4 is 4.90 Å². The molecule has 0 spiro atoms. The van der Waals surface area contributed by atoms with E-state index in [0.717, 1.165) is 11.4 Å². The normalized spacial score (nSPS) is 12.1. The van der Waals surface area contributed by atoms with Crippen LogP contribution in [0.2, 0.25) is 5.02 Å². The molecule has 29 heavy (non-hydrogen) atoms. The molecular weight excluding hydrogens is 381 g/mol. The number of hydrogen-bond acceptors (Lipinski definition) is 1. The second-order valence-corrected chi connectivity index (χ2v) is 9.88. The Labute approximate surface area is 179 Å². The van der Waals surface area contributed by atoms with Crippen LogP contribution in [0.4, 0.5) is 21.5 Å². The summed E-state index contributed by atoms with van der Waals surface area (Å²) in [6, 6.07) is 21.7. The second-order valence-electron chi connectivity index (χ2n) is 9.50. The third kappa shape index (κ3) is 4.64. The van der Waals surface area contributed by atoms with E-state index < -0.39 is 5.82 Å². The lowest BCUT2D eigenvalue weighted by molar-refractivity contribution is 0.590. The number of nitrogens with zero attached hydrogens (tertiary/aromatic N) is 1. The average molecular weight is 410 g/mol. The average Bonchev–Trinajstić information content (AvgIpc) is 2.65. The molecule has 3 heteroatoms. The number of benzene rings is 3. The first-order valence-corrected chi connectivity index (χ1v) is 10.3. The van der Waals surface area contributed by atoms with Crippen molar-refractivity contribution >= 4 is 28.7 Å². The van der Waals surface area contributed by atoms with Gasteiger partial charge in [-0.2, -0.15) is 0 Å². The third-order valence-corrected chi connectivity index (χ3v) is 5.53. The molecule has 0 saturated carbocycles. The number of halogens is 2. The van der Waals surface area contributed by atoms with Crippen molar-refractivity contribution in [1.29, 1.82) is 0 Å². The van der Waals surface area contributed by atoms with Gasteiger partial charge in [-0.05, 0) is 58.4 Å². The van der Waals surface area contributed by atoms with Gasteiger partial charge in [-0.25, -0.2) is 4.39 Å². The lowest BCUT2D eigenvalue weighted by atomic mass is 9.86. The molecule has 0 saturated heterocycles. The fourth-order valence-electron chi connectivity index (χ4n) is 3.31. The van der Waals surface area contributed by atoms with E-state index in [1.165, 1.54) is 17.2 Å². The number of hydrogen-bond donors (Lipinski definition) is 0. The minimum absolute atomic E-state index is 0.0637. The Kier molecular flexibility index (Phi) is 5.78. The molecule has 3 aromatic rings. The smallest absolute Gasteiger partial charge is 0.143 e. The summed E-state index contributed by atoms with van der Waals surface area (Å²) < 4.78 is 14.3. The van der Waals surface area contributed by atoms with Gasteiger partial charge in [0.2, 0.25) is 0 Å². The first kappa shape index (κ1) is 21.4. The molecule has 0 amide bonds. The van der Waals surface area contributed by atoms with Crippen LogP contribution in [0, 0.1) is 5.82 Å². The van der Waals surface area contributed by atoms with Crippen molar-refractivity contribution in [2.24, 2.45) is 0 Å². The fraction of sp³-hybridized carbons (Fsp3) is 0.308. The van der Waals surface area contributed by atoms with Crippen molar-refractivity contribution < 1.29 is 4.39 Å². The van der Waals surface area contributed by atoms with E-state index in [-0.39, 0.29) is 15.9 Å². The Balaban J connectivity index is 2.14. The Morgan fingerprint density at radius 2 is 1.07 bits per heavy atom. The summed E-state index contributed by atoms with van der Waals surface area (Å²) >= 11 is 6.38. The van der Waals surface area contributed by atoms with Crippen LogP contribution in [0.25, 0.3) is 0 Å². The first-order valence-electron chi connectivity index (χ1n) is 9.94. The third-order valence-electron chi connectivity index (χ3n) is 5.16. The van der Waals surface area contributed by atoms with Crippen LogP contribution in [0.3, 0.4) is 0 Å². The van der Waals surface area contributed by atoms with Gasteiger partial charge in [0.25, 0.3) is 0 Å². The van der Waals surface area contributed by atoms with E-state index in [1.54, 1.807) is 6.07 Å². The minimum atomic E-state index is -0.424. The summed E-state index contributed by atoms with van der Waals surface area (Å²) in [7, 11) is 0. The van der Waals surface area contributed by atoms with E-state index >= 15 is 0 Å². The van der Waals surface area contributed by atoms with Gasteiger partial charge in [-0.3, -0.25) is 0 Å². The predicted molar refractivity (Wildman–Crippen MR) is 123 cm³/mol. The monoisotopic (exact) mass is 409 g/mol. The Morgan fingerprint density at radius 1 is 0.655 bits per heavy atom. The SMILES string of the molecule is CC(C)(C)c1ccc(N(c2ccc(C(C)(C)C)cc2)c2cccc(F)c2Cl)cc1. The summed E-state index contributed by atoms with van der Waals surface area (Å²) in [5.41, 5.74) is 5.12. The Morgan fingerprint density at radius 3 is 1.45 bits per heavy atom. The van der Waals surface area contributed by atoms with E-state index in [4.69, 9.17) is 11.6 Å². The lowest BCUT2D eigenvalue weighted by Crippen LogP contribution is -2.14. The fourth-order valence-corrected chi connectivity index (χ4v) is 3.52. The molecule has 0 radical (unpaired) electrons. The lowest BCUT2D eigenvalue weighted by Gasteiger charge is -2.28. The topological polar surface area (TPSA) is 3.24 Å². The maximum atomic E-state index is 14.3. The maximum absolute atomic E-state index is 14.3. The van der Waals surface area contributed by atoms with Gasteiger partial charge in [0.15, 0.2) is 0 Å². The van der Waals surface area contributed by atoms with Crippen LogP contribution in [-0.4, -0.2) is 0 Å². The highest BCUT2D eigenvalue weighted by molar-refractivity contribution is 6.33. The molecule has 152 valence electrons. The van der Waals surface area contributed by atoms with Crippen LogP contribution in [0.15, 0.2) is 66.7 Å². The van der Waals surface area contributed by atoms with E-state index in [1.807, 2.05) is 11.0 Å². The molecule has 0 N–H and O–H groups in total. The largest absolute Gasteiger partial charge is 0.309 e. The standard InChI is InChI=1S/C26H29ClFN/c1-25(2,3)18-10-14-20(15-11-18)29(23-9-7-8-22(28)24(23)27)21-16-12-19(13-17-21)26(4,5)6/h7-17H,1-6H3. The second kappa shape index (κ2) is 7.84. The Bertz CT molecular complexity index is 920. The zero-order chi connectivity index (χ0) is 21.4. The number of anilines is 3. The van der Waals surface area contributed by atoms with Crippen molar-refractivity contribution in [3.05, 3.63) is 88.7 Å². The predicted octanol–water partition coefficient (Wildman–Crippen LogP) is 8.54. The summed E-state index contributed by atoms with van der Waals surface area (Å²) in [6.45, 7) is 13.1. The maximum Gasteiger partial charge on any atom is 0.143 e. The molecule has 3 rings (SSSR count). The highest BCUT2D eigenvalue weighted by atomic mass is 35.5. The minimum Gasteiger partial charge on any atom is -0.309 e. The van der Waals surface area contributed by atoms with Gasteiger partial charge in [0, 0.05) is 11.4 Å². The summed E-state index contributed by atoms with van der Waals surface area (Å²) in [5, 5.41) is 0.118. The van der Waals surface area contributed by atoms with E-state index in [9.17, 15) is 4.39 Å². The van der Waals surface area contributed by atoms with Crippen molar-refractivity contribution in [2.45, 2.75) is 52.4 Å². The zero-order valence-electron chi connectivity index (χ0n) is 18.1. The summed E-state index contributed by atoms with van der Waals surface area (Å²) in [6.07, 6.45) is 0. The van der Waals surface area contributed by atoms with Crippen molar-refractivity contribution in [1.82, 2.24) is 0 Å². The van der Waals surface area contributed by atoms with E-state index in [0.29, 0.717) is 5.69 Å². The summed E-state index contributed by atoms with van der Waals surface area (Å²) in [5.74, 6) is -0.424. The van der Waals surface area contributed by atoms with Crippen molar-refractivity contribution in [3.8, 4) is 0 Å². The molecule has 0 aliphatic rings. The molecule has 0 unspecified atom stereocenters. The molecule has 0 heterocycles. The quantitative estimate of drug-likeness (QED) is 0.418. The van der Waals surface area contributed by atoms with Crippen LogP contribution in [-0.2, 0) is 10.8 Å². The van der Waals surface area contributed by atoms with Gasteiger partial charge in [-0.15, -0.1) is 0 Å². The highest BCUT2D eigenvalue weighted by Crippen LogP contribution is 2.40. The van der Waals surface area contributed by atoms with Gasteiger partial charge in [0.1, 0.15) is 10.8 Å². The van der Waals surface area contributed by atoms with Crippen LogP contribution in [0.5, 0.6) is 0 Å². The molecule has 0 atom stereocenters. The molecule has 0 aliphatic carbocycles. The van der Waals surface area contributed by atoms with Gasteiger partial charge in [0.05, 0.1) is 5.69 Å². The first-order chi connectivity index (χ1) is 13.5. The highest BCUT2D eigenvalue weighted by Gasteiger charge is 2.20. The van der Waals surface area contributed by atoms with Crippen LogP contribution >= 0.6 is 11.6 Å². The molecular formula is C26H29ClFN. The summed E-state index contributed by atoms with van der Waals surface area (Å²) in [4.78, 5) is 2.00. The van der Waals surface area contributed by atoms with Crippen molar-refractivity contribution in [3.63, 3.8) is 0 Å². The molecule has 3 aromatic carbocycles.